The van der Waals surface area contributed by atoms with Crippen molar-refractivity contribution in [2.24, 2.45) is 0 Å². The van der Waals surface area contributed by atoms with Crippen LogP contribution in [0.25, 0.3) is 0 Å². The zero-order valence-electron chi connectivity index (χ0n) is 9.34. The Morgan fingerprint density at radius 2 is 2.00 bits per heavy atom. The third-order valence-electron chi connectivity index (χ3n) is 2.55. The van der Waals surface area contributed by atoms with E-state index in [4.69, 9.17) is 4.74 Å². The molecular weight excluding hydrogens is 217 g/mol. The van der Waals surface area contributed by atoms with Crippen molar-refractivity contribution in [2.45, 2.75) is 25.4 Å². The van der Waals surface area contributed by atoms with Crippen LogP contribution in [0.3, 0.4) is 0 Å². The van der Waals surface area contributed by atoms with Crippen molar-refractivity contribution in [3.8, 4) is 0 Å². The van der Waals surface area contributed by atoms with Gasteiger partial charge in [0.1, 0.15) is 0 Å². The Morgan fingerprint density at radius 3 is 2.50 bits per heavy atom. The highest BCUT2D eigenvalue weighted by atomic mass is 19.4. The van der Waals surface area contributed by atoms with Gasteiger partial charge in [0.2, 0.25) is 0 Å². The van der Waals surface area contributed by atoms with E-state index in [0.29, 0.717) is 12.2 Å². The third-order valence-corrected chi connectivity index (χ3v) is 2.55. The lowest BCUT2D eigenvalue weighted by Gasteiger charge is -2.16. The van der Waals surface area contributed by atoms with E-state index in [2.05, 4.69) is 0 Å². The van der Waals surface area contributed by atoms with Crippen molar-refractivity contribution in [3.05, 3.63) is 35.4 Å². The van der Waals surface area contributed by atoms with Crippen molar-refractivity contribution in [1.29, 1.82) is 0 Å². The van der Waals surface area contributed by atoms with Crippen LogP contribution in [0.2, 0.25) is 0 Å². The van der Waals surface area contributed by atoms with Gasteiger partial charge < -0.3 is 4.74 Å². The van der Waals surface area contributed by atoms with Gasteiger partial charge in [0.05, 0.1) is 12.2 Å². The van der Waals surface area contributed by atoms with E-state index in [1.165, 1.54) is 12.1 Å². The van der Waals surface area contributed by atoms with Crippen LogP contribution in [0.5, 0.6) is 0 Å². The summed E-state index contributed by atoms with van der Waals surface area (Å²) in [4.78, 5) is 0. The highest BCUT2D eigenvalue weighted by molar-refractivity contribution is 5.28. The summed E-state index contributed by atoms with van der Waals surface area (Å²) in [6.45, 7) is 2.38. The Balaban J connectivity index is 2.97. The molecule has 0 aliphatic rings. The summed E-state index contributed by atoms with van der Waals surface area (Å²) in [7, 11) is 1.55. The van der Waals surface area contributed by atoms with Crippen molar-refractivity contribution in [1.82, 2.24) is 0 Å². The van der Waals surface area contributed by atoms with E-state index in [1.54, 1.807) is 13.2 Å². The molecule has 0 radical (unpaired) electrons. The fraction of sp³-hybridized carbons (Fsp3) is 0.500. The SMILES string of the molecule is CCC(COC)c1cccc(C(F)(F)F)c1. The van der Waals surface area contributed by atoms with Gasteiger partial charge in [-0.1, -0.05) is 25.1 Å². The van der Waals surface area contributed by atoms with Crippen molar-refractivity contribution in [2.75, 3.05) is 13.7 Å². The largest absolute Gasteiger partial charge is 0.416 e. The molecule has 0 N–H and O–H groups in total. The van der Waals surface area contributed by atoms with Gasteiger partial charge in [-0.15, -0.1) is 0 Å². The standard InChI is InChI=1S/C12H15F3O/c1-3-9(8-16-2)10-5-4-6-11(7-10)12(13,14)15/h4-7,9H,3,8H2,1-2H3. The van der Waals surface area contributed by atoms with Crippen LogP contribution < -0.4 is 0 Å². The number of benzene rings is 1. The number of hydrogen-bond donors (Lipinski definition) is 0. The van der Waals surface area contributed by atoms with Gasteiger partial charge in [-0.3, -0.25) is 0 Å². The molecule has 1 unspecified atom stereocenters. The maximum atomic E-state index is 12.5. The molecule has 1 rings (SSSR count). The van der Waals surface area contributed by atoms with Crippen LogP contribution in [0, 0.1) is 0 Å². The Hall–Kier alpha value is -1.03. The van der Waals surface area contributed by atoms with Gasteiger partial charge in [0, 0.05) is 13.0 Å². The predicted octanol–water partition coefficient (Wildman–Crippen LogP) is 3.85. The molecule has 0 fully saturated rings. The lowest BCUT2D eigenvalue weighted by Crippen LogP contribution is -2.09. The maximum Gasteiger partial charge on any atom is 0.416 e. The van der Waals surface area contributed by atoms with E-state index < -0.39 is 11.7 Å². The average molecular weight is 232 g/mol. The van der Waals surface area contributed by atoms with E-state index in [1.807, 2.05) is 6.92 Å². The van der Waals surface area contributed by atoms with E-state index in [9.17, 15) is 13.2 Å². The molecule has 1 nitrogen and oxygen atoms in total. The molecule has 1 atom stereocenters. The van der Waals surface area contributed by atoms with Crippen LogP contribution in [0.4, 0.5) is 13.2 Å². The molecule has 16 heavy (non-hydrogen) atoms. The number of halogens is 3. The quantitative estimate of drug-likeness (QED) is 0.766. The molecular formula is C12H15F3O. The summed E-state index contributed by atoms with van der Waals surface area (Å²) in [5, 5.41) is 0. The molecule has 1 aromatic carbocycles. The van der Waals surface area contributed by atoms with Gasteiger partial charge in [-0.05, 0) is 18.1 Å². The van der Waals surface area contributed by atoms with Crippen molar-refractivity contribution < 1.29 is 17.9 Å². The molecule has 0 amide bonds. The Kier molecular flexibility index (Phi) is 4.35. The molecule has 0 bridgehead atoms. The number of hydrogen-bond acceptors (Lipinski definition) is 1. The average Bonchev–Trinajstić information content (AvgIpc) is 2.25. The Morgan fingerprint density at radius 1 is 1.31 bits per heavy atom. The molecule has 0 saturated carbocycles. The Labute approximate surface area is 93.2 Å². The fourth-order valence-corrected chi connectivity index (χ4v) is 1.62. The van der Waals surface area contributed by atoms with E-state index >= 15 is 0 Å². The van der Waals surface area contributed by atoms with E-state index in [-0.39, 0.29) is 5.92 Å². The molecule has 90 valence electrons. The molecule has 4 heteroatoms. The molecule has 0 spiro atoms. The van der Waals surface area contributed by atoms with Crippen LogP contribution in [0.1, 0.15) is 30.4 Å². The normalized spacial score (nSPS) is 13.8. The van der Waals surface area contributed by atoms with Gasteiger partial charge in [-0.2, -0.15) is 13.2 Å². The van der Waals surface area contributed by atoms with Gasteiger partial charge in [-0.25, -0.2) is 0 Å². The van der Waals surface area contributed by atoms with Crippen molar-refractivity contribution in [3.63, 3.8) is 0 Å². The first-order chi connectivity index (χ1) is 7.49. The predicted molar refractivity (Wildman–Crippen MR) is 56.4 cm³/mol. The molecule has 0 aliphatic heterocycles. The fourth-order valence-electron chi connectivity index (χ4n) is 1.62. The third kappa shape index (κ3) is 3.23. The van der Waals surface area contributed by atoms with Crippen LogP contribution >= 0.6 is 0 Å². The summed E-state index contributed by atoms with van der Waals surface area (Å²) < 4.78 is 42.5. The molecule has 0 heterocycles. The first kappa shape index (κ1) is 13.0. The minimum Gasteiger partial charge on any atom is -0.384 e. The molecule has 0 saturated heterocycles. The first-order valence-electron chi connectivity index (χ1n) is 5.15. The first-order valence-corrected chi connectivity index (χ1v) is 5.15. The zero-order chi connectivity index (χ0) is 12.2. The van der Waals surface area contributed by atoms with Gasteiger partial charge in [0.25, 0.3) is 0 Å². The highest BCUT2D eigenvalue weighted by Gasteiger charge is 2.30. The lowest BCUT2D eigenvalue weighted by molar-refractivity contribution is -0.137. The number of methoxy groups -OCH3 is 1. The second-order valence-corrected chi connectivity index (χ2v) is 3.68. The topological polar surface area (TPSA) is 9.23 Å². The van der Waals surface area contributed by atoms with Crippen LogP contribution in [0.15, 0.2) is 24.3 Å². The van der Waals surface area contributed by atoms with Crippen LogP contribution in [-0.4, -0.2) is 13.7 Å². The van der Waals surface area contributed by atoms with Crippen molar-refractivity contribution >= 4 is 0 Å². The molecule has 0 aromatic heterocycles. The summed E-state index contributed by atoms with van der Waals surface area (Å²) >= 11 is 0. The minimum absolute atomic E-state index is 0.0206. The number of alkyl halides is 3. The second-order valence-electron chi connectivity index (χ2n) is 3.68. The maximum absolute atomic E-state index is 12.5. The summed E-state index contributed by atoms with van der Waals surface area (Å²) in [6, 6.07) is 5.44. The van der Waals surface area contributed by atoms with Gasteiger partial charge >= 0.3 is 6.18 Å². The molecule has 0 aliphatic carbocycles. The lowest BCUT2D eigenvalue weighted by atomic mass is 9.95. The summed E-state index contributed by atoms with van der Waals surface area (Å²) in [5.41, 5.74) is 0.0822. The Bertz CT molecular complexity index is 333. The van der Waals surface area contributed by atoms with Gasteiger partial charge in [0.15, 0.2) is 0 Å². The summed E-state index contributed by atoms with van der Waals surface area (Å²) in [6.07, 6.45) is -3.52. The zero-order valence-corrected chi connectivity index (χ0v) is 9.34. The number of ether oxygens (including phenoxy) is 1. The smallest absolute Gasteiger partial charge is 0.384 e. The number of rotatable bonds is 4. The van der Waals surface area contributed by atoms with E-state index in [0.717, 1.165) is 12.5 Å². The van der Waals surface area contributed by atoms with Crippen LogP contribution in [-0.2, 0) is 10.9 Å². The minimum atomic E-state index is -4.28. The monoisotopic (exact) mass is 232 g/mol. The highest BCUT2D eigenvalue weighted by Crippen LogP contribution is 2.31. The molecule has 1 aromatic rings. The second kappa shape index (κ2) is 5.34. The summed E-state index contributed by atoms with van der Waals surface area (Å²) in [5.74, 6) is 0.0206.